The number of amides is 1. The summed E-state index contributed by atoms with van der Waals surface area (Å²) in [6.07, 6.45) is 0. The molecule has 0 bridgehead atoms. The van der Waals surface area contributed by atoms with Gasteiger partial charge in [0.1, 0.15) is 0 Å². The van der Waals surface area contributed by atoms with Gasteiger partial charge >= 0.3 is 0 Å². The van der Waals surface area contributed by atoms with Crippen LogP contribution in [0.15, 0.2) is 48.5 Å². The number of nitrogens with zero attached hydrogens (tertiary/aromatic N) is 2. The molecule has 2 aromatic rings. The molecule has 0 aliphatic carbocycles. The molecule has 5 heteroatoms. The maximum Gasteiger partial charge on any atom is 0.256 e. The van der Waals surface area contributed by atoms with Crippen molar-refractivity contribution in [2.45, 2.75) is 6.54 Å². The lowest BCUT2D eigenvalue weighted by Crippen LogP contribution is -2.48. The average molecular weight is 330 g/mol. The molecule has 1 aliphatic heterocycles. The minimum Gasteiger partial charge on any atom is -0.398 e. The van der Waals surface area contributed by atoms with Crippen LogP contribution in [0.1, 0.15) is 15.9 Å². The fraction of sp³-hybridized carbons (Fsp3) is 0.278. The van der Waals surface area contributed by atoms with E-state index in [1.807, 2.05) is 35.2 Å². The largest absolute Gasteiger partial charge is 0.398 e. The van der Waals surface area contributed by atoms with Crippen LogP contribution in [0, 0.1) is 0 Å². The zero-order valence-corrected chi connectivity index (χ0v) is 13.7. The van der Waals surface area contributed by atoms with Gasteiger partial charge in [-0.25, -0.2) is 0 Å². The summed E-state index contributed by atoms with van der Waals surface area (Å²) in [7, 11) is 0. The Morgan fingerprint density at radius 1 is 1.04 bits per heavy atom. The third-order valence-corrected chi connectivity index (χ3v) is 4.38. The number of carbonyl (C=O) groups is 1. The summed E-state index contributed by atoms with van der Waals surface area (Å²) in [6, 6.07) is 15.2. The fourth-order valence-electron chi connectivity index (χ4n) is 2.86. The van der Waals surface area contributed by atoms with Gasteiger partial charge in [0.15, 0.2) is 0 Å². The Morgan fingerprint density at radius 3 is 2.48 bits per heavy atom. The highest BCUT2D eigenvalue weighted by Crippen LogP contribution is 2.17. The Labute approximate surface area is 141 Å². The van der Waals surface area contributed by atoms with Gasteiger partial charge in [-0.3, -0.25) is 9.69 Å². The highest BCUT2D eigenvalue weighted by Gasteiger charge is 2.23. The van der Waals surface area contributed by atoms with Crippen LogP contribution in [0.2, 0.25) is 5.02 Å². The van der Waals surface area contributed by atoms with E-state index in [-0.39, 0.29) is 5.91 Å². The lowest BCUT2D eigenvalue weighted by molar-refractivity contribution is 0.0629. The molecule has 1 heterocycles. The van der Waals surface area contributed by atoms with Crippen LogP contribution < -0.4 is 5.73 Å². The number of benzene rings is 2. The Morgan fingerprint density at radius 2 is 1.78 bits per heavy atom. The molecule has 1 aliphatic rings. The molecule has 23 heavy (non-hydrogen) atoms. The highest BCUT2D eigenvalue weighted by molar-refractivity contribution is 6.30. The van der Waals surface area contributed by atoms with E-state index < -0.39 is 0 Å². The third-order valence-electron chi connectivity index (χ3n) is 4.15. The zero-order valence-electron chi connectivity index (χ0n) is 12.9. The SMILES string of the molecule is Nc1ccccc1C(=O)N1CCN(Cc2cccc(Cl)c2)CC1. The van der Waals surface area contributed by atoms with Crippen molar-refractivity contribution >= 4 is 23.2 Å². The summed E-state index contributed by atoms with van der Waals surface area (Å²) < 4.78 is 0. The third kappa shape index (κ3) is 3.84. The predicted molar refractivity (Wildman–Crippen MR) is 93.5 cm³/mol. The lowest BCUT2D eigenvalue weighted by Gasteiger charge is -2.35. The second-order valence-corrected chi connectivity index (χ2v) is 6.22. The smallest absolute Gasteiger partial charge is 0.256 e. The maximum atomic E-state index is 12.5. The first-order valence-electron chi connectivity index (χ1n) is 7.74. The average Bonchev–Trinajstić information content (AvgIpc) is 2.55. The molecule has 2 aromatic carbocycles. The van der Waals surface area contributed by atoms with E-state index in [0.29, 0.717) is 24.3 Å². The minimum atomic E-state index is 0.0190. The molecule has 1 fully saturated rings. The molecule has 0 aromatic heterocycles. The summed E-state index contributed by atoms with van der Waals surface area (Å²) in [5.41, 5.74) is 8.23. The predicted octanol–water partition coefficient (Wildman–Crippen LogP) is 2.88. The topological polar surface area (TPSA) is 49.6 Å². The van der Waals surface area contributed by atoms with E-state index in [4.69, 9.17) is 17.3 Å². The van der Waals surface area contributed by atoms with Gasteiger partial charge < -0.3 is 10.6 Å². The summed E-state index contributed by atoms with van der Waals surface area (Å²) in [5, 5.41) is 0.760. The van der Waals surface area contributed by atoms with E-state index in [2.05, 4.69) is 11.0 Å². The fourth-order valence-corrected chi connectivity index (χ4v) is 3.08. The number of piperazine rings is 1. The van der Waals surface area contributed by atoms with Crippen LogP contribution in [0.4, 0.5) is 5.69 Å². The van der Waals surface area contributed by atoms with Crippen molar-refractivity contribution in [2.24, 2.45) is 0 Å². The second kappa shape index (κ2) is 7.02. The van der Waals surface area contributed by atoms with E-state index in [9.17, 15) is 4.79 Å². The molecule has 0 spiro atoms. The van der Waals surface area contributed by atoms with Gasteiger partial charge in [-0.05, 0) is 29.8 Å². The molecule has 2 N–H and O–H groups in total. The number of halogens is 1. The van der Waals surface area contributed by atoms with Crippen molar-refractivity contribution in [1.29, 1.82) is 0 Å². The maximum absolute atomic E-state index is 12.5. The van der Waals surface area contributed by atoms with E-state index in [0.717, 1.165) is 24.7 Å². The van der Waals surface area contributed by atoms with Crippen molar-refractivity contribution in [3.05, 3.63) is 64.7 Å². The van der Waals surface area contributed by atoms with Gasteiger partial charge in [-0.1, -0.05) is 35.9 Å². The first-order chi connectivity index (χ1) is 11.1. The Kier molecular flexibility index (Phi) is 4.84. The van der Waals surface area contributed by atoms with Gasteiger partial charge in [0.2, 0.25) is 0 Å². The van der Waals surface area contributed by atoms with Crippen LogP contribution in [-0.2, 0) is 6.54 Å². The zero-order chi connectivity index (χ0) is 16.2. The van der Waals surface area contributed by atoms with Crippen LogP contribution in [0.3, 0.4) is 0 Å². The number of rotatable bonds is 3. The summed E-state index contributed by atoms with van der Waals surface area (Å²) in [6.45, 7) is 3.99. The molecular weight excluding hydrogens is 310 g/mol. The quantitative estimate of drug-likeness (QED) is 0.881. The monoisotopic (exact) mass is 329 g/mol. The molecule has 0 radical (unpaired) electrons. The van der Waals surface area contributed by atoms with Gasteiger partial charge in [-0.2, -0.15) is 0 Å². The highest BCUT2D eigenvalue weighted by atomic mass is 35.5. The number of para-hydroxylation sites is 1. The van der Waals surface area contributed by atoms with Crippen LogP contribution >= 0.6 is 11.6 Å². The van der Waals surface area contributed by atoms with Crippen LogP contribution in [0.5, 0.6) is 0 Å². The van der Waals surface area contributed by atoms with Crippen molar-refractivity contribution < 1.29 is 4.79 Å². The Bertz CT molecular complexity index is 696. The number of hydrogen-bond donors (Lipinski definition) is 1. The normalized spacial score (nSPS) is 15.6. The molecule has 0 unspecified atom stereocenters. The van der Waals surface area contributed by atoms with E-state index in [1.165, 1.54) is 5.56 Å². The number of carbonyl (C=O) groups excluding carboxylic acids is 1. The Balaban J connectivity index is 1.58. The summed E-state index contributed by atoms with van der Waals surface area (Å²) in [4.78, 5) is 16.8. The molecule has 4 nitrogen and oxygen atoms in total. The van der Waals surface area contributed by atoms with E-state index >= 15 is 0 Å². The minimum absolute atomic E-state index is 0.0190. The van der Waals surface area contributed by atoms with Gasteiger partial charge in [0, 0.05) is 43.4 Å². The second-order valence-electron chi connectivity index (χ2n) is 5.79. The van der Waals surface area contributed by atoms with Gasteiger partial charge in [-0.15, -0.1) is 0 Å². The van der Waals surface area contributed by atoms with E-state index in [1.54, 1.807) is 12.1 Å². The molecular formula is C18H20ClN3O. The molecule has 0 atom stereocenters. The lowest BCUT2D eigenvalue weighted by atomic mass is 10.1. The number of hydrogen-bond acceptors (Lipinski definition) is 3. The summed E-state index contributed by atoms with van der Waals surface area (Å²) >= 11 is 6.03. The van der Waals surface area contributed by atoms with Gasteiger partial charge in [0.05, 0.1) is 5.56 Å². The van der Waals surface area contributed by atoms with Crippen molar-refractivity contribution in [3.63, 3.8) is 0 Å². The van der Waals surface area contributed by atoms with Crippen LogP contribution in [0.25, 0.3) is 0 Å². The van der Waals surface area contributed by atoms with Crippen molar-refractivity contribution in [1.82, 2.24) is 9.80 Å². The molecule has 1 saturated heterocycles. The standard InChI is InChI=1S/C18H20ClN3O/c19-15-5-3-4-14(12-15)13-21-8-10-22(11-9-21)18(23)16-6-1-2-7-17(16)20/h1-7,12H,8-11,13,20H2. The van der Waals surface area contributed by atoms with Gasteiger partial charge in [0.25, 0.3) is 5.91 Å². The molecule has 3 rings (SSSR count). The number of nitrogen functional groups attached to an aromatic ring is 1. The number of nitrogens with two attached hydrogens (primary N) is 1. The molecule has 120 valence electrons. The Hall–Kier alpha value is -2.04. The van der Waals surface area contributed by atoms with Crippen LogP contribution in [-0.4, -0.2) is 41.9 Å². The van der Waals surface area contributed by atoms with Crippen molar-refractivity contribution in [3.8, 4) is 0 Å². The summed E-state index contributed by atoms with van der Waals surface area (Å²) in [5.74, 6) is 0.0190. The first-order valence-corrected chi connectivity index (χ1v) is 8.12. The first kappa shape index (κ1) is 15.8. The number of anilines is 1. The van der Waals surface area contributed by atoms with Crippen molar-refractivity contribution in [2.75, 3.05) is 31.9 Å². The molecule has 0 saturated carbocycles. The molecule has 1 amide bonds.